The van der Waals surface area contributed by atoms with Crippen molar-refractivity contribution in [1.29, 1.82) is 0 Å². The van der Waals surface area contributed by atoms with Crippen molar-refractivity contribution in [1.82, 2.24) is 0 Å². The summed E-state index contributed by atoms with van der Waals surface area (Å²) in [7, 11) is 3.18. The SMILES string of the molecule is COCCOCCOC(=O)CC(C)CC(=O)OCCOCCOC. The summed E-state index contributed by atoms with van der Waals surface area (Å²) in [5.41, 5.74) is 0. The molecule has 0 aliphatic rings. The van der Waals surface area contributed by atoms with Crippen LogP contribution in [0, 0.1) is 5.92 Å². The first-order valence-corrected chi connectivity index (χ1v) is 8.04. The quantitative estimate of drug-likeness (QED) is 0.298. The van der Waals surface area contributed by atoms with E-state index in [1.165, 1.54) is 0 Å². The fraction of sp³-hybridized carbons (Fsp3) is 0.875. The Kier molecular flexibility index (Phi) is 15.8. The molecule has 0 aromatic heterocycles. The lowest BCUT2D eigenvalue weighted by Gasteiger charge is -2.11. The zero-order valence-corrected chi connectivity index (χ0v) is 14.9. The van der Waals surface area contributed by atoms with E-state index in [1.54, 1.807) is 21.1 Å². The maximum atomic E-state index is 11.6. The minimum absolute atomic E-state index is 0.145. The number of rotatable bonds is 16. The van der Waals surface area contributed by atoms with Gasteiger partial charge in [0.15, 0.2) is 0 Å². The minimum Gasteiger partial charge on any atom is -0.463 e. The molecular weight excluding hydrogens is 320 g/mol. The molecule has 0 fully saturated rings. The Hall–Kier alpha value is -1.22. The lowest BCUT2D eigenvalue weighted by molar-refractivity contribution is -0.148. The van der Waals surface area contributed by atoms with Gasteiger partial charge in [-0.05, 0) is 5.92 Å². The van der Waals surface area contributed by atoms with Gasteiger partial charge in [0.1, 0.15) is 13.2 Å². The highest BCUT2D eigenvalue weighted by atomic mass is 16.6. The highest BCUT2D eigenvalue weighted by Crippen LogP contribution is 2.09. The lowest BCUT2D eigenvalue weighted by atomic mass is 10.0. The van der Waals surface area contributed by atoms with Gasteiger partial charge in [0.2, 0.25) is 0 Å². The van der Waals surface area contributed by atoms with Gasteiger partial charge in [-0.2, -0.15) is 0 Å². The predicted octanol–water partition coefficient (Wildman–Crippen LogP) is 0.815. The third-order valence-corrected chi connectivity index (χ3v) is 2.88. The summed E-state index contributed by atoms with van der Waals surface area (Å²) in [6.07, 6.45) is 0.328. The molecule has 0 atom stereocenters. The average molecular weight is 350 g/mol. The van der Waals surface area contributed by atoms with Crippen LogP contribution in [-0.4, -0.2) is 79.0 Å². The van der Waals surface area contributed by atoms with Crippen LogP contribution in [0.1, 0.15) is 19.8 Å². The van der Waals surface area contributed by atoms with Gasteiger partial charge in [-0.15, -0.1) is 0 Å². The summed E-state index contributed by atoms with van der Waals surface area (Å²) in [6.45, 7) is 4.78. The largest absolute Gasteiger partial charge is 0.463 e. The van der Waals surface area contributed by atoms with Gasteiger partial charge in [-0.3, -0.25) is 9.59 Å². The number of hydrogen-bond donors (Lipinski definition) is 0. The van der Waals surface area contributed by atoms with Crippen molar-refractivity contribution < 1.29 is 38.0 Å². The van der Waals surface area contributed by atoms with Gasteiger partial charge in [0.05, 0.1) is 39.6 Å². The van der Waals surface area contributed by atoms with E-state index >= 15 is 0 Å². The molecule has 0 aromatic rings. The highest BCUT2D eigenvalue weighted by Gasteiger charge is 2.15. The van der Waals surface area contributed by atoms with Crippen LogP contribution in [0.15, 0.2) is 0 Å². The molecular formula is C16H30O8. The van der Waals surface area contributed by atoms with Crippen LogP contribution >= 0.6 is 0 Å². The standard InChI is InChI=1S/C16H30O8/c1-14(12-15(17)23-10-8-21-6-4-19-2)13-16(18)24-11-9-22-7-5-20-3/h14H,4-13H2,1-3H3. The van der Waals surface area contributed by atoms with Gasteiger partial charge in [-0.25, -0.2) is 0 Å². The maximum absolute atomic E-state index is 11.6. The molecule has 0 saturated heterocycles. The molecule has 0 N–H and O–H groups in total. The van der Waals surface area contributed by atoms with Crippen molar-refractivity contribution >= 4 is 11.9 Å². The summed E-state index contributed by atoms with van der Waals surface area (Å²) in [6, 6.07) is 0. The molecule has 0 amide bonds. The Labute approximate surface area is 143 Å². The van der Waals surface area contributed by atoms with E-state index < -0.39 is 0 Å². The molecule has 8 heteroatoms. The minimum atomic E-state index is -0.353. The topological polar surface area (TPSA) is 89.5 Å². The Bertz CT molecular complexity index is 291. The summed E-state index contributed by atoms with van der Waals surface area (Å²) < 4.78 is 30.0. The van der Waals surface area contributed by atoms with Crippen LogP contribution in [0.25, 0.3) is 0 Å². The van der Waals surface area contributed by atoms with Gasteiger partial charge < -0.3 is 28.4 Å². The molecule has 24 heavy (non-hydrogen) atoms. The van der Waals surface area contributed by atoms with Crippen LogP contribution < -0.4 is 0 Å². The maximum Gasteiger partial charge on any atom is 0.306 e. The third-order valence-electron chi connectivity index (χ3n) is 2.88. The van der Waals surface area contributed by atoms with Gasteiger partial charge >= 0.3 is 11.9 Å². The summed E-state index contributed by atoms with van der Waals surface area (Å²) in [5, 5.41) is 0. The monoisotopic (exact) mass is 350 g/mol. The van der Waals surface area contributed by atoms with E-state index in [0.29, 0.717) is 39.6 Å². The summed E-state index contributed by atoms with van der Waals surface area (Å²) in [4.78, 5) is 23.2. The van der Waals surface area contributed by atoms with Crippen molar-refractivity contribution in [3.05, 3.63) is 0 Å². The molecule has 0 heterocycles. The van der Waals surface area contributed by atoms with Crippen molar-refractivity contribution in [2.24, 2.45) is 5.92 Å². The Morgan fingerprint density at radius 2 is 1.04 bits per heavy atom. The number of methoxy groups -OCH3 is 2. The van der Waals surface area contributed by atoms with Crippen LogP contribution in [-0.2, 0) is 38.0 Å². The molecule has 0 spiro atoms. The molecule has 0 aromatic carbocycles. The lowest BCUT2D eigenvalue weighted by Crippen LogP contribution is -2.18. The van der Waals surface area contributed by atoms with E-state index in [4.69, 9.17) is 28.4 Å². The van der Waals surface area contributed by atoms with Gasteiger partial charge in [-0.1, -0.05) is 6.92 Å². The van der Waals surface area contributed by atoms with E-state index in [-0.39, 0.29) is 43.9 Å². The highest BCUT2D eigenvalue weighted by molar-refractivity contribution is 5.73. The number of ether oxygens (including phenoxy) is 6. The second kappa shape index (κ2) is 16.6. The van der Waals surface area contributed by atoms with Crippen LogP contribution in [0.2, 0.25) is 0 Å². The Balaban J connectivity index is 3.56. The number of esters is 2. The van der Waals surface area contributed by atoms with Crippen LogP contribution in [0.4, 0.5) is 0 Å². The smallest absolute Gasteiger partial charge is 0.306 e. The second-order valence-electron chi connectivity index (χ2n) is 5.16. The molecule has 142 valence electrons. The van der Waals surface area contributed by atoms with Crippen molar-refractivity contribution in [3.8, 4) is 0 Å². The number of carbonyl (C=O) groups excluding carboxylic acids is 2. The molecule has 8 nitrogen and oxygen atoms in total. The van der Waals surface area contributed by atoms with E-state index in [1.807, 2.05) is 0 Å². The predicted molar refractivity (Wildman–Crippen MR) is 85.7 cm³/mol. The first-order chi connectivity index (χ1) is 11.6. The average Bonchev–Trinajstić information content (AvgIpc) is 2.53. The zero-order chi connectivity index (χ0) is 18.0. The molecule has 0 radical (unpaired) electrons. The van der Waals surface area contributed by atoms with Crippen LogP contribution in [0.5, 0.6) is 0 Å². The van der Waals surface area contributed by atoms with E-state index in [9.17, 15) is 9.59 Å². The van der Waals surface area contributed by atoms with Crippen molar-refractivity contribution in [2.75, 3.05) is 67.1 Å². The third kappa shape index (κ3) is 15.7. The molecule has 0 rings (SSSR count). The van der Waals surface area contributed by atoms with E-state index in [2.05, 4.69) is 0 Å². The molecule has 0 saturated carbocycles. The van der Waals surface area contributed by atoms with E-state index in [0.717, 1.165) is 0 Å². The van der Waals surface area contributed by atoms with Crippen molar-refractivity contribution in [2.45, 2.75) is 19.8 Å². The molecule has 0 unspecified atom stereocenters. The summed E-state index contributed by atoms with van der Waals surface area (Å²) in [5.74, 6) is -0.851. The normalized spacial score (nSPS) is 10.8. The number of carbonyl (C=O) groups is 2. The fourth-order valence-corrected chi connectivity index (χ4v) is 1.68. The molecule has 0 aliphatic heterocycles. The van der Waals surface area contributed by atoms with Gasteiger partial charge in [0.25, 0.3) is 0 Å². The Morgan fingerprint density at radius 3 is 1.42 bits per heavy atom. The molecule has 0 aliphatic carbocycles. The first kappa shape index (κ1) is 22.8. The summed E-state index contributed by atoms with van der Waals surface area (Å²) >= 11 is 0. The Morgan fingerprint density at radius 1 is 0.667 bits per heavy atom. The first-order valence-electron chi connectivity index (χ1n) is 8.04. The zero-order valence-electron chi connectivity index (χ0n) is 14.9. The molecule has 0 bridgehead atoms. The fourth-order valence-electron chi connectivity index (χ4n) is 1.68. The number of hydrogen-bond acceptors (Lipinski definition) is 8. The van der Waals surface area contributed by atoms with Gasteiger partial charge in [0, 0.05) is 27.1 Å². The van der Waals surface area contributed by atoms with Crippen molar-refractivity contribution in [3.63, 3.8) is 0 Å². The van der Waals surface area contributed by atoms with Crippen LogP contribution in [0.3, 0.4) is 0 Å². The second-order valence-corrected chi connectivity index (χ2v) is 5.16.